The lowest BCUT2D eigenvalue weighted by Crippen LogP contribution is -2.25. The SMILES string of the molecule is COC(=O)c1ccc(F)c(N2CCC(COc3ccccc3C(F)(F)F)C2)n1. The zero-order valence-corrected chi connectivity index (χ0v) is 15.0. The van der Waals surface area contributed by atoms with Crippen molar-refractivity contribution in [3.63, 3.8) is 0 Å². The number of halogens is 4. The summed E-state index contributed by atoms with van der Waals surface area (Å²) in [7, 11) is 1.20. The molecular weight excluding hydrogens is 380 g/mol. The average molecular weight is 398 g/mol. The van der Waals surface area contributed by atoms with Gasteiger partial charge in [0.2, 0.25) is 0 Å². The minimum Gasteiger partial charge on any atom is -0.493 e. The standard InChI is InChI=1S/C19H18F4N2O3/c1-27-18(26)15-7-6-14(20)17(24-15)25-9-8-12(10-25)11-28-16-5-3-2-4-13(16)19(21,22)23/h2-7,12H,8-11H2,1H3. The van der Waals surface area contributed by atoms with E-state index in [2.05, 4.69) is 9.72 Å². The van der Waals surface area contributed by atoms with Gasteiger partial charge in [0.25, 0.3) is 0 Å². The van der Waals surface area contributed by atoms with Gasteiger partial charge in [-0.2, -0.15) is 13.2 Å². The molecule has 1 aliphatic rings. The van der Waals surface area contributed by atoms with Gasteiger partial charge in [0.15, 0.2) is 17.3 Å². The van der Waals surface area contributed by atoms with Crippen LogP contribution in [0.15, 0.2) is 36.4 Å². The van der Waals surface area contributed by atoms with Crippen molar-refractivity contribution >= 4 is 11.8 Å². The monoisotopic (exact) mass is 398 g/mol. The van der Waals surface area contributed by atoms with Crippen molar-refractivity contribution in [2.24, 2.45) is 5.92 Å². The predicted octanol–water partition coefficient (Wildman–Crippen LogP) is 3.93. The fraction of sp³-hybridized carbons (Fsp3) is 0.368. The Labute approximate surface area is 158 Å². The predicted molar refractivity (Wildman–Crippen MR) is 92.8 cm³/mol. The summed E-state index contributed by atoms with van der Waals surface area (Å²) in [4.78, 5) is 17.2. The number of pyridine rings is 1. The lowest BCUT2D eigenvalue weighted by atomic mass is 10.1. The van der Waals surface area contributed by atoms with E-state index in [4.69, 9.17) is 4.74 Å². The van der Waals surface area contributed by atoms with Crippen LogP contribution in [-0.2, 0) is 10.9 Å². The van der Waals surface area contributed by atoms with Crippen molar-refractivity contribution in [2.45, 2.75) is 12.6 Å². The first-order valence-corrected chi connectivity index (χ1v) is 8.58. The van der Waals surface area contributed by atoms with Crippen molar-refractivity contribution < 1.29 is 31.8 Å². The summed E-state index contributed by atoms with van der Waals surface area (Å²) in [5.41, 5.74) is -0.846. The number of hydrogen-bond donors (Lipinski definition) is 0. The maximum absolute atomic E-state index is 14.1. The molecule has 1 fully saturated rings. The molecule has 5 nitrogen and oxygen atoms in total. The van der Waals surface area contributed by atoms with Crippen LogP contribution in [0.1, 0.15) is 22.5 Å². The van der Waals surface area contributed by atoms with E-state index in [1.807, 2.05) is 0 Å². The third kappa shape index (κ3) is 4.35. The van der Waals surface area contributed by atoms with Crippen LogP contribution >= 0.6 is 0 Å². The number of nitrogens with zero attached hydrogens (tertiary/aromatic N) is 2. The molecule has 0 aliphatic carbocycles. The molecule has 0 radical (unpaired) electrons. The molecule has 1 aromatic carbocycles. The van der Waals surface area contributed by atoms with E-state index in [9.17, 15) is 22.4 Å². The first-order valence-electron chi connectivity index (χ1n) is 8.58. The van der Waals surface area contributed by atoms with E-state index < -0.39 is 23.5 Å². The van der Waals surface area contributed by atoms with Crippen LogP contribution in [0.25, 0.3) is 0 Å². The zero-order chi connectivity index (χ0) is 20.3. The fourth-order valence-electron chi connectivity index (χ4n) is 3.07. The van der Waals surface area contributed by atoms with Gasteiger partial charge in [-0.3, -0.25) is 0 Å². The summed E-state index contributed by atoms with van der Waals surface area (Å²) < 4.78 is 63.2. The number of carbonyl (C=O) groups excluding carboxylic acids is 1. The molecule has 2 heterocycles. The number of aromatic nitrogens is 1. The lowest BCUT2D eigenvalue weighted by Gasteiger charge is -2.19. The Hall–Kier alpha value is -2.84. The zero-order valence-electron chi connectivity index (χ0n) is 15.0. The second-order valence-electron chi connectivity index (χ2n) is 6.40. The molecule has 28 heavy (non-hydrogen) atoms. The van der Waals surface area contributed by atoms with Crippen molar-refractivity contribution in [3.05, 3.63) is 53.5 Å². The van der Waals surface area contributed by atoms with Gasteiger partial charge in [-0.05, 0) is 30.7 Å². The number of anilines is 1. The molecule has 0 amide bonds. The van der Waals surface area contributed by atoms with Crippen LogP contribution in [0.2, 0.25) is 0 Å². The molecule has 1 aliphatic heterocycles. The van der Waals surface area contributed by atoms with Gasteiger partial charge < -0.3 is 14.4 Å². The number of esters is 1. The van der Waals surface area contributed by atoms with E-state index in [1.165, 1.54) is 31.4 Å². The molecule has 1 saturated heterocycles. The fourth-order valence-corrected chi connectivity index (χ4v) is 3.07. The van der Waals surface area contributed by atoms with E-state index in [-0.39, 0.29) is 29.8 Å². The van der Waals surface area contributed by atoms with Gasteiger partial charge in [-0.15, -0.1) is 0 Å². The molecule has 0 bridgehead atoms. The largest absolute Gasteiger partial charge is 0.493 e. The maximum atomic E-state index is 14.1. The van der Waals surface area contributed by atoms with Crippen molar-refractivity contribution in [2.75, 3.05) is 31.7 Å². The quantitative estimate of drug-likeness (QED) is 0.564. The van der Waals surface area contributed by atoms with E-state index in [0.717, 1.165) is 12.1 Å². The van der Waals surface area contributed by atoms with E-state index in [1.54, 1.807) is 4.90 Å². The lowest BCUT2D eigenvalue weighted by molar-refractivity contribution is -0.139. The van der Waals surface area contributed by atoms with Crippen LogP contribution in [0.5, 0.6) is 5.75 Å². The number of para-hydroxylation sites is 1. The molecule has 2 aromatic rings. The molecule has 9 heteroatoms. The number of methoxy groups -OCH3 is 1. The van der Waals surface area contributed by atoms with Gasteiger partial charge >= 0.3 is 12.1 Å². The Morgan fingerprint density at radius 3 is 2.71 bits per heavy atom. The Kier molecular flexibility index (Phi) is 5.71. The molecule has 0 spiro atoms. The van der Waals surface area contributed by atoms with Gasteiger partial charge in [-0.1, -0.05) is 12.1 Å². The Bertz CT molecular complexity index is 857. The molecule has 1 aromatic heterocycles. The number of ether oxygens (including phenoxy) is 2. The van der Waals surface area contributed by atoms with Crippen LogP contribution in [-0.4, -0.2) is 37.8 Å². The highest BCUT2D eigenvalue weighted by atomic mass is 19.4. The molecule has 1 unspecified atom stereocenters. The minimum atomic E-state index is -4.50. The minimum absolute atomic E-state index is 0.0149. The van der Waals surface area contributed by atoms with Crippen LogP contribution in [0.4, 0.5) is 23.4 Å². The second kappa shape index (κ2) is 8.04. The number of hydrogen-bond acceptors (Lipinski definition) is 5. The molecule has 1 atom stereocenters. The smallest absolute Gasteiger partial charge is 0.419 e. The first-order chi connectivity index (χ1) is 13.3. The highest BCUT2D eigenvalue weighted by Crippen LogP contribution is 2.36. The number of rotatable bonds is 5. The Balaban J connectivity index is 1.67. The van der Waals surface area contributed by atoms with Gasteiger partial charge in [0, 0.05) is 19.0 Å². The van der Waals surface area contributed by atoms with Gasteiger partial charge in [0.1, 0.15) is 5.75 Å². The van der Waals surface area contributed by atoms with E-state index in [0.29, 0.717) is 19.5 Å². The molecule has 0 saturated carbocycles. The Morgan fingerprint density at radius 2 is 2.00 bits per heavy atom. The summed E-state index contributed by atoms with van der Waals surface area (Å²) >= 11 is 0. The van der Waals surface area contributed by atoms with Crippen LogP contribution in [0.3, 0.4) is 0 Å². The summed E-state index contributed by atoms with van der Waals surface area (Å²) in [6.45, 7) is 0.855. The van der Waals surface area contributed by atoms with Gasteiger partial charge in [0.05, 0.1) is 19.3 Å². The highest BCUT2D eigenvalue weighted by molar-refractivity contribution is 5.87. The summed E-state index contributed by atoms with van der Waals surface area (Å²) in [6, 6.07) is 7.39. The number of benzene rings is 1. The summed E-state index contributed by atoms with van der Waals surface area (Å²) in [6.07, 6.45) is -3.91. The third-order valence-corrected chi connectivity index (χ3v) is 4.47. The number of alkyl halides is 3. The van der Waals surface area contributed by atoms with E-state index >= 15 is 0 Å². The third-order valence-electron chi connectivity index (χ3n) is 4.47. The normalized spacial score (nSPS) is 16.9. The average Bonchev–Trinajstić information content (AvgIpc) is 3.14. The molecular formula is C19H18F4N2O3. The molecule has 0 N–H and O–H groups in total. The topological polar surface area (TPSA) is 51.7 Å². The molecule has 3 rings (SSSR count). The van der Waals surface area contributed by atoms with Gasteiger partial charge in [-0.25, -0.2) is 14.2 Å². The highest BCUT2D eigenvalue weighted by Gasteiger charge is 2.34. The second-order valence-corrected chi connectivity index (χ2v) is 6.40. The maximum Gasteiger partial charge on any atom is 0.419 e. The summed E-state index contributed by atoms with van der Waals surface area (Å²) in [5.74, 6) is -1.59. The van der Waals surface area contributed by atoms with Crippen molar-refractivity contribution in [3.8, 4) is 5.75 Å². The molecule has 150 valence electrons. The first kappa shape index (κ1) is 19.9. The van der Waals surface area contributed by atoms with Crippen molar-refractivity contribution in [1.82, 2.24) is 4.98 Å². The Morgan fingerprint density at radius 1 is 1.25 bits per heavy atom. The number of carbonyl (C=O) groups is 1. The van der Waals surface area contributed by atoms with Crippen LogP contribution < -0.4 is 9.64 Å². The van der Waals surface area contributed by atoms with Crippen molar-refractivity contribution in [1.29, 1.82) is 0 Å². The van der Waals surface area contributed by atoms with Crippen LogP contribution in [0, 0.1) is 11.7 Å². The summed E-state index contributed by atoms with van der Waals surface area (Å²) in [5, 5.41) is 0.